The minimum atomic E-state index is -4.56. The molecule has 3 aromatic carbocycles. The number of rotatable bonds is 7. The number of aromatic carboxylic acids is 1. The molecular formula is C21H17F3N2O6S2. The number of alkyl halides is 3. The van der Waals surface area contributed by atoms with Crippen LogP contribution in [0.25, 0.3) is 0 Å². The van der Waals surface area contributed by atoms with Gasteiger partial charge >= 0.3 is 12.1 Å². The Hall–Kier alpha value is -3.58. The first-order valence-corrected chi connectivity index (χ1v) is 12.3. The minimum Gasteiger partial charge on any atom is -0.478 e. The minimum absolute atomic E-state index is 0.00549. The van der Waals surface area contributed by atoms with E-state index < -0.39 is 37.8 Å². The number of hydrogen-bond donors (Lipinski definition) is 3. The normalized spacial score (nSPS) is 12.2. The number of carbonyl (C=O) groups is 1. The molecule has 0 aliphatic rings. The average Bonchev–Trinajstić information content (AvgIpc) is 2.73. The van der Waals surface area contributed by atoms with Crippen LogP contribution < -0.4 is 9.44 Å². The van der Waals surface area contributed by atoms with Gasteiger partial charge in [-0.05, 0) is 73.2 Å². The van der Waals surface area contributed by atoms with E-state index in [4.69, 9.17) is 0 Å². The lowest BCUT2D eigenvalue weighted by Crippen LogP contribution is -2.15. The van der Waals surface area contributed by atoms with Crippen LogP contribution in [0.1, 0.15) is 21.5 Å². The molecule has 0 spiro atoms. The molecule has 0 saturated carbocycles. The number of sulfonamides is 2. The van der Waals surface area contributed by atoms with Gasteiger partial charge in [0.15, 0.2) is 0 Å². The fourth-order valence-electron chi connectivity index (χ4n) is 2.86. The molecule has 3 N–H and O–H groups in total. The topological polar surface area (TPSA) is 130 Å². The van der Waals surface area contributed by atoms with Crippen molar-refractivity contribution in [1.82, 2.24) is 0 Å². The number of anilines is 2. The van der Waals surface area contributed by atoms with Crippen molar-refractivity contribution in [3.63, 3.8) is 0 Å². The number of carboxylic acid groups (broad SMARTS) is 1. The molecule has 0 fully saturated rings. The molecule has 0 atom stereocenters. The van der Waals surface area contributed by atoms with Crippen molar-refractivity contribution in [1.29, 1.82) is 0 Å². The first-order valence-electron chi connectivity index (χ1n) is 9.36. The van der Waals surface area contributed by atoms with E-state index in [2.05, 4.69) is 9.44 Å². The Morgan fingerprint density at radius 3 is 1.68 bits per heavy atom. The molecule has 0 aliphatic heterocycles. The SMILES string of the molecule is Cc1ccc(S(=O)(=O)Nc2ccc(S(=O)(=O)Nc3ccc(C(F)(F)F)cc3)cc2)cc1C(=O)O. The quantitative estimate of drug-likeness (QED) is 0.431. The molecule has 13 heteroatoms. The van der Waals surface area contributed by atoms with Gasteiger partial charge in [-0.3, -0.25) is 9.44 Å². The van der Waals surface area contributed by atoms with Gasteiger partial charge in [-0.15, -0.1) is 0 Å². The van der Waals surface area contributed by atoms with E-state index in [9.17, 15) is 39.9 Å². The number of nitrogens with one attached hydrogen (secondary N) is 2. The molecule has 0 aromatic heterocycles. The molecular weight excluding hydrogens is 497 g/mol. The molecule has 8 nitrogen and oxygen atoms in total. The molecule has 0 aliphatic carbocycles. The van der Waals surface area contributed by atoms with Crippen LogP contribution in [0.2, 0.25) is 0 Å². The zero-order chi connectivity index (χ0) is 25.3. The Balaban J connectivity index is 1.78. The highest BCUT2D eigenvalue weighted by Gasteiger charge is 2.30. The third kappa shape index (κ3) is 5.66. The first-order chi connectivity index (χ1) is 15.7. The summed E-state index contributed by atoms with van der Waals surface area (Å²) >= 11 is 0. The molecule has 0 saturated heterocycles. The Labute approximate surface area is 193 Å². The van der Waals surface area contributed by atoms with Gasteiger partial charge in [-0.1, -0.05) is 6.07 Å². The third-order valence-electron chi connectivity index (χ3n) is 4.63. The van der Waals surface area contributed by atoms with Crippen LogP contribution in [0.3, 0.4) is 0 Å². The monoisotopic (exact) mass is 514 g/mol. The zero-order valence-corrected chi connectivity index (χ0v) is 18.9. The van der Waals surface area contributed by atoms with Crippen molar-refractivity contribution in [2.75, 3.05) is 9.44 Å². The van der Waals surface area contributed by atoms with Gasteiger partial charge in [-0.2, -0.15) is 13.2 Å². The molecule has 0 amide bonds. The second-order valence-electron chi connectivity index (χ2n) is 7.09. The van der Waals surface area contributed by atoms with Gasteiger partial charge in [0.05, 0.1) is 20.9 Å². The van der Waals surface area contributed by atoms with E-state index in [0.29, 0.717) is 5.56 Å². The largest absolute Gasteiger partial charge is 0.478 e. The zero-order valence-electron chi connectivity index (χ0n) is 17.3. The number of carboxylic acids is 1. The van der Waals surface area contributed by atoms with E-state index in [1.54, 1.807) is 0 Å². The van der Waals surface area contributed by atoms with Crippen LogP contribution >= 0.6 is 0 Å². The number of hydrogen-bond acceptors (Lipinski definition) is 5. The van der Waals surface area contributed by atoms with Gasteiger partial charge in [0.2, 0.25) is 0 Å². The summed E-state index contributed by atoms with van der Waals surface area (Å²) in [5.74, 6) is -1.29. The van der Waals surface area contributed by atoms with Gasteiger partial charge in [-0.25, -0.2) is 21.6 Å². The summed E-state index contributed by atoms with van der Waals surface area (Å²) in [5, 5.41) is 9.18. The molecule has 0 radical (unpaired) electrons. The molecule has 0 unspecified atom stereocenters. The molecule has 0 heterocycles. The van der Waals surface area contributed by atoms with Crippen molar-refractivity contribution in [2.24, 2.45) is 0 Å². The number of benzene rings is 3. The number of halogens is 3. The number of aryl methyl sites for hydroxylation is 1. The van der Waals surface area contributed by atoms with E-state index in [0.717, 1.165) is 42.5 Å². The molecule has 180 valence electrons. The van der Waals surface area contributed by atoms with Gasteiger partial charge in [0, 0.05) is 11.4 Å². The second-order valence-corrected chi connectivity index (χ2v) is 10.5. The third-order valence-corrected chi connectivity index (χ3v) is 7.41. The Morgan fingerprint density at radius 2 is 1.21 bits per heavy atom. The van der Waals surface area contributed by atoms with E-state index in [1.807, 2.05) is 0 Å². The predicted octanol–water partition coefficient (Wildman–Crippen LogP) is 4.31. The standard InChI is InChI=1S/C21H17F3N2O6S2/c1-13-2-9-18(12-19(13)20(27)28)34(31,32)26-16-7-10-17(11-8-16)33(29,30)25-15-5-3-14(4-6-15)21(22,23)24/h2-12,25-26H,1H3,(H,27,28). The van der Waals surface area contributed by atoms with Gasteiger partial charge < -0.3 is 5.11 Å². The summed E-state index contributed by atoms with van der Waals surface area (Å²) in [6.45, 7) is 1.52. The fraction of sp³-hybridized carbons (Fsp3) is 0.0952. The van der Waals surface area contributed by atoms with E-state index >= 15 is 0 Å². The Bertz CT molecular complexity index is 1440. The Kier molecular flexibility index (Phi) is 6.62. The summed E-state index contributed by atoms with van der Waals surface area (Å²) in [5.41, 5.74) is -0.825. The first kappa shape index (κ1) is 25.1. The maximum Gasteiger partial charge on any atom is 0.416 e. The summed E-state index contributed by atoms with van der Waals surface area (Å²) in [7, 11) is -8.34. The molecule has 34 heavy (non-hydrogen) atoms. The van der Waals surface area contributed by atoms with Crippen LogP contribution in [0.4, 0.5) is 24.5 Å². The predicted molar refractivity (Wildman–Crippen MR) is 118 cm³/mol. The summed E-state index contributed by atoms with van der Waals surface area (Å²) in [6, 6.07) is 11.5. The smallest absolute Gasteiger partial charge is 0.416 e. The molecule has 0 bridgehead atoms. The lowest BCUT2D eigenvalue weighted by molar-refractivity contribution is -0.137. The van der Waals surface area contributed by atoms with Crippen molar-refractivity contribution in [3.8, 4) is 0 Å². The van der Waals surface area contributed by atoms with Gasteiger partial charge in [0.25, 0.3) is 20.0 Å². The van der Waals surface area contributed by atoms with Crippen molar-refractivity contribution in [2.45, 2.75) is 22.9 Å². The van der Waals surface area contributed by atoms with Crippen molar-refractivity contribution >= 4 is 37.4 Å². The lowest BCUT2D eigenvalue weighted by atomic mass is 10.1. The summed E-state index contributed by atoms with van der Waals surface area (Å²) < 4.78 is 92.5. The van der Waals surface area contributed by atoms with Crippen LogP contribution in [0.15, 0.2) is 76.5 Å². The van der Waals surface area contributed by atoms with E-state index in [-0.39, 0.29) is 26.7 Å². The van der Waals surface area contributed by atoms with Crippen LogP contribution in [-0.2, 0) is 26.2 Å². The van der Waals surface area contributed by atoms with Crippen LogP contribution in [0.5, 0.6) is 0 Å². The molecule has 3 rings (SSSR count). The lowest BCUT2D eigenvalue weighted by Gasteiger charge is -2.12. The van der Waals surface area contributed by atoms with Crippen LogP contribution in [0, 0.1) is 6.92 Å². The average molecular weight is 515 g/mol. The summed E-state index contributed by atoms with van der Waals surface area (Å²) in [6.07, 6.45) is -4.56. The van der Waals surface area contributed by atoms with Crippen LogP contribution in [-0.4, -0.2) is 27.9 Å². The second kappa shape index (κ2) is 8.99. The Morgan fingerprint density at radius 1 is 0.765 bits per heavy atom. The highest BCUT2D eigenvalue weighted by Crippen LogP contribution is 2.30. The fourth-order valence-corrected chi connectivity index (χ4v) is 5.00. The summed E-state index contributed by atoms with van der Waals surface area (Å²) in [4.78, 5) is 10.7. The van der Waals surface area contributed by atoms with E-state index in [1.165, 1.54) is 31.2 Å². The molecule has 3 aromatic rings. The maximum atomic E-state index is 12.6. The highest BCUT2D eigenvalue weighted by molar-refractivity contribution is 7.93. The maximum absolute atomic E-state index is 12.6. The van der Waals surface area contributed by atoms with Gasteiger partial charge in [0.1, 0.15) is 0 Å². The van der Waals surface area contributed by atoms with Crippen molar-refractivity contribution in [3.05, 3.63) is 83.4 Å². The van der Waals surface area contributed by atoms with Crippen molar-refractivity contribution < 1.29 is 39.9 Å². The highest BCUT2D eigenvalue weighted by atomic mass is 32.2.